The van der Waals surface area contributed by atoms with E-state index >= 15 is 0 Å². The number of nitrogens with zero attached hydrogens (tertiary/aromatic N) is 2. The fourth-order valence-corrected chi connectivity index (χ4v) is 4.63. The summed E-state index contributed by atoms with van der Waals surface area (Å²) in [5.74, 6) is 0.849. The van der Waals surface area contributed by atoms with E-state index in [4.69, 9.17) is 0 Å². The number of rotatable bonds is 5. The fraction of sp³-hybridized carbons (Fsp3) is 0.400. The highest BCUT2D eigenvalue weighted by Gasteiger charge is 2.57. The van der Waals surface area contributed by atoms with Crippen LogP contribution in [0.2, 0.25) is 0 Å². The maximum absolute atomic E-state index is 12.1. The zero-order chi connectivity index (χ0) is 15.2. The minimum Gasteiger partial charge on any atom is -0.334 e. The smallest absolute Gasteiger partial charge is 0.274 e. The Labute approximate surface area is 129 Å². The Kier molecular flexibility index (Phi) is 3.28. The van der Waals surface area contributed by atoms with E-state index in [1.165, 1.54) is 18.0 Å². The van der Waals surface area contributed by atoms with Gasteiger partial charge in [0.05, 0.1) is 0 Å². The third-order valence-corrected chi connectivity index (χ3v) is 5.85. The number of imidazole rings is 1. The molecular formula is C15H18N4O2S. The molecule has 0 amide bonds. The summed E-state index contributed by atoms with van der Waals surface area (Å²) >= 11 is 0. The van der Waals surface area contributed by atoms with Gasteiger partial charge in [-0.3, -0.25) is 4.90 Å². The molecule has 1 aromatic heterocycles. The van der Waals surface area contributed by atoms with Crippen LogP contribution in [0, 0.1) is 11.8 Å². The van der Waals surface area contributed by atoms with Gasteiger partial charge in [-0.05, 0) is 17.4 Å². The number of nitrogens with one attached hydrogen (secondary N) is 2. The summed E-state index contributed by atoms with van der Waals surface area (Å²) in [5.41, 5.74) is 1.30. The van der Waals surface area contributed by atoms with Crippen molar-refractivity contribution in [1.29, 1.82) is 0 Å². The van der Waals surface area contributed by atoms with Crippen LogP contribution in [0.25, 0.3) is 0 Å². The average molecular weight is 318 g/mol. The van der Waals surface area contributed by atoms with E-state index in [0.717, 1.165) is 19.6 Å². The molecule has 0 radical (unpaired) electrons. The first-order chi connectivity index (χ1) is 10.6. The molecule has 0 spiro atoms. The van der Waals surface area contributed by atoms with Crippen LogP contribution in [0.3, 0.4) is 0 Å². The van der Waals surface area contributed by atoms with Crippen LogP contribution in [0.1, 0.15) is 5.56 Å². The zero-order valence-corrected chi connectivity index (χ0v) is 12.8. The van der Waals surface area contributed by atoms with Crippen LogP contribution < -0.4 is 4.72 Å². The zero-order valence-electron chi connectivity index (χ0n) is 12.0. The standard InChI is InChI=1S/C15H18N4O2S/c20-22(21,15-16-6-7-17-15)18-14-12-9-19(10-13(12)14)8-11-4-2-1-3-5-11/h1-7,12-14,18H,8-10H2,(H,16,17)/t12-,13+,14?. The lowest BCUT2D eigenvalue weighted by molar-refractivity contribution is 0.287. The molecule has 116 valence electrons. The molecule has 6 nitrogen and oxygen atoms in total. The Bertz CT molecular complexity index is 733. The minimum absolute atomic E-state index is 0.00128. The molecule has 7 heteroatoms. The van der Waals surface area contributed by atoms with Crippen molar-refractivity contribution < 1.29 is 8.42 Å². The monoisotopic (exact) mass is 318 g/mol. The van der Waals surface area contributed by atoms with Crippen molar-refractivity contribution in [2.75, 3.05) is 13.1 Å². The molecule has 2 aromatic rings. The summed E-state index contributed by atoms with van der Waals surface area (Å²) in [5, 5.41) is -0.00128. The fourth-order valence-electron chi connectivity index (χ4n) is 3.39. The molecular weight excluding hydrogens is 300 g/mol. The van der Waals surface area contributed by atoms with E-state index in [1.807, 2.05) is 18.2 Å². The predicted octanol–water partition coefficient (Wildman–Crippen LogP) is 0.818. The molecule has 1 aliphatic heterocycles. The van der Waals surface area contributed by atoms with E-state index in [-0.39, 0.29) is 11.2 Å². The highest BCUT2D eigenvalue weighted by Crippen LogP contribution is 2.46. The van der Waals surface area contributed by atoms with Crippen LogP contribution in [-0.2, 0) is 16.6 Å². The second kappa shape index (κ2) is 5.19. The Morgan fingerprint density at radius 1 is 1.23 bits per heavy atom. The molecule has 3 atom stereocenters. The van der Waals surface area contributed by atoms with Crippen LogP contribution in [0.15, 0.2) is 47.9 Å². The SMILES string of the molecule is O=S(=O)(NC1[C@H]2CN(Cc3ccccc3)C[C@@H]12)c1ncc[nH]1. The number of aromatic nitrogens is 2. The first kappa shape index (κ1) is 13.9. The maximum Gasteiger partial charge on any atom is 0.274 e. The highest BCUT2D eigenvalue weighted by molar-refractivity contribution is 7.89. The molecule has 2 N–H and O–H groups in total. The lowest BCUT2D eigenvalue weighted by atomic mass is 10.2. The predicted molar refractivity (Wildman–Crippen MR) is 81.4 cm³/mol. The molecule has 2 heterocycles. The van der Waals surface area contributed by atoms with Crippen LogP contribution >= 0.6 is 0 Å². The maximum atomic E-state index is 12.1. The molecule has 2 fully saturated rings. The highest BCUT2D eigenvalue weighted by atomic mass is 32.2. The van der Waals surface area contributed by atoms with Gasteiger partial charge in [0.25, 0.3) is 10.0 Å². The van der Waals surface area contributed by atoms with E-state index in [1.54, 1.807) is 0 Å². The summed E-state index contributed by atoms with van der Waals surface area (Å²) in [6, 6.07) is 10.4. The van der Waals surface area contributed by atoms with Crippen LogP contribution in [-0.4, -0.2) is 42.4 Å². The van der Waals surface area contributed by atoms with Gasteiger partial charge in [0, 0.05) is 38.1 Å². The number of sulfonamides is 1. The van der Waals surface area contributed by atoms with Gasteiger partial charge in [0.15, 0.2) is 0 Å². The number of H-pyrrole nitrogens is 1. The summed E-state index contributed by atoms with van der Waals surface area (Å²) in [4.78, 5) is 8.85. The topological polar surface area (TPSA) is 78.1 Å². The average Bonchev–Trinajstić information content (AvgIpc) is 2.98. The van der Waals surface area contributed by atoms with Crippen molar-refractivity contribution in [3.8, 4) is 0 Å². The Hall–Kier alpha value is -1.70. The van der Waals surface area contributed by atoms with E-state index in [2.05, 4.69) is 31.7 Å². The second-order valence-corrected chi connectivity index (χ2v) is 7.68. The first-order valence-corrected chi connectivity index (χ1v) is 8.90. The van der Waals surface area contributed by atoms with Gasteiger partial charge in [0.1, 0.15) is 0 Å². The summed E-state index contributed by atoms with van der Waals surface area (Å²) < 4.78 is 27.0. The molecule has 1 aliphatic carbocycles. The number of piperidine rings is 1. The number of aromatic amines is 1. The van der Waals surface area contributed by atoms with E-state index in [0.29, 0.717) is 11.8 Å². The molecule has 4 rings (SSSR count). The van der Waals surface area contributed by atoms with Crippen molar-refractivity contribution in [2.45, 2.75) is 17.7 Å². The molecule has 1 aromatic carbocycles. The van der Waals surface area contributed by atoms with Crippen LogP contribution in [0.4, 0.5) is 0 Å². The molecule has 1 unspecified atom stereocenters. The van der Waals surface area contributed by atoms with Crippen molar-refractivity contribution in [2.24, 2.45) is 11.8 Å². The summed E-state index contributed by atoms with van der Waals surface area (Å²) in [6.45, 7) is 2.83. The minimum atomic E-state index is -3.51. The van der Waals surface area contributed by atoms with Crippen molar-refractivity contribution >= 4 is 10.0 Å². The Morgan fingerprint density at radius 3 is 2.59 bits per heavy atom. The summed E-state index contributed by atoms with van der Waals surface area (Å²) in [6.07, 6.45) is 2.97. The van der Waals surface area contributed by atoms with Crippen molar-refractivity contribution in [3.05, 3.63) is 48.3 Å². The molecule has 22 heavy (non-hydrogen) atoms. The normalized spacial score (nSPS) is 27.7. The van der Waals surface area contributed by atoms with Gasteiger partial charge in [0.2, 0.25) is 5.16 Å². The van der Waals surface area contributed by atoms with Gasteiger partial charge in [-0.1, -0.05) is 30.3 Å². The lowest BCUT2D eigenvalue weighted by Gasteiger charge is -2.19. The lowest BCUT2D eigenvalue weighted by Crippen LogP contribution is -2.34. The quantitative estimate of drug-likeness (QED) is 0.855. The van der Waals surface area contributed by atoms with Crippen LogP contribution in [0.5, 0.6) is 0 Å². The van der Waals surface area contributed by atoms with Gasteiger partial charge in [-0.15, -0.1) is 0 Å². The van der Waals surface area contributed by atoms with E-state index < -0.39 is 10.0 Å². The largest absolute Gasteiger partial charge is 0.334 e. The third kappa shape index (κ3) is 2.55. The second-order valence-electron chi connectivity index (χ2n) is 6.05. The number of likely N-dealkylation sites (tertiary alicyclic amines) is 1. The number of benzene rings is 1. The van der Waals surface area contributed by atoms with Gasteiger partial charge in [-0.2, -0.15) is 0 Å². The molecule has 1 saturated heterocycles. The van der Waals surface area contributed by atoms with E-state index in [9.17, 15) is 8.42 Å². The molecule has 0 bridgehead atoms. The first-order valence-electron chi connectivity index (χ1n) is 7.41. The van der Waals surface area contributed by atoms with Crippen molar-refractivity contribution in [3.63, 3.8) is 0 Å². The third-order valence-electron chi connectivity index (χ3n) is 4.54. The summed E-state index contributed by atoms with van der Waals surface area (Å²) in [7, 11) is -3.51. The number of fused-ring (bicyclic) bond motifs is 1. The van der Waals surface area contributed by atoms with Crippen molar-refractivity contribution in [1.82, 2.24) is 19.6 Å². The number of hydrogen-bond acceptors (Lipinski definition) is 4. The Morgan fingerprint density at radius 2 is 1.95 bits per heavy atom. The van der Waals surface area contributed by atoms with Gasteiger partial charge < -0.3 is 4.98 Å². The molecule has 1 saturated carbocycles. The Balaban J connectivity index is 1.34. The molecule has 2 aliphatic rings. The van der Waals surface area contributed by atoms with Gasteiger partial charge >= 0.3 is 0 Å². The number of hydrogen-bond donors (Lipinski definition) is 2. The van der Waals surface area contributed by atoms with Gasteiger partial charge in [-0.25, -0.2) is 18.1 Å².